The average Bonchev–Trinajstić information content (AvgIpc) is 3.18. The minimum absolute atomic E-state index is 0.0848. The third-order valence-corrected chi connectivity index (χ3v) is 5.71. The molecule has 2 aromatic heterocycles. The van der Waals surface area contributed by atoms with Crippen molar-refractivity contribution in [1.82, 2.24) is 20.0 Å². The number of hydrogen-bond donors (Lipinski definition) is 0. The number of carbonyl (C=O) groups is 1. The second kappa shape index (κ2) is 8.41. The summed E-state index contributed by atoms with van der Waals surface area (Å²) in [5, 5.41) is 3.99. The number of aryl methyl sites for hydroxylation is 1. The maximum atomic E-state index is 14.1. The van der Waals surface area contributed by atoms with Crippen LogP contribution in [0.2, 0.25) is 0 Å². The van der Waals surface area contributed by atoms with Crippen LogP contribution in [0.15, 0.2) is 35.0 Å². The van der Waals surface area contributed by atoms with Gasteiger partial charge in [0, 0.05) is 42.8 Å². The number of aromatic nitrogens is 3. The summed E-state index contributed by atoms with van der Waals surface area (Å²) in [6, 6.07) is 4.89. The molecule has 6 nitrogen and oxygen atoms in total. The van der Waals surface area contributed by atoms with Crippen molar-refractivity contribution in [2.24, 2.45) is 0 Å². The second-order valence-electron chi connectivity index (χ2n) is 9.27. The van der Waals surface area contributed by atoms with Gasteiger partial charge in [0.25, 0.3) is 5.91 Å². The van der Waals surface area contributed by atoms with Crippen LogP contribution in [0.25, 0.3) is 11.3 Å². The first-order chi connectivity index (χ1) is 15.1. The standard InChI is InChI=1S/C24H26F2N4O2/c1-14-11-20(32-29-14)18-13-27-23(24(2,3)4)28-21(18)15-7-9-30(10-8-15)22(31)17-6-5-16(25)12-19(17)26/h5-6,11-13,15H,7-10H2,1-4H3. The molecule has 1 aromatic carbocycles. The Labute approximate surface area is 185 Å². The summed E-state index contributed by atoms with van der Waals surface area (Å²) in [6.07, 6.45) is 3.11. The number of likely N-dealkylation sites (tertiary alicyclic amines) is 1. The van der Waals surface area contributed by atoms with Crippen LogP contribution in [0.4, 0.5) is 8.78 Å². The fraction of sp³-hybridized carbons (Fsp3) is 0.417. The highest BCUT2D eigenvalue weighted by molar-refractivity contribution is 5.94. The van der Waals surface area contributed by atoms with Crippen LogP contribution in [0.1, 0.15) is 67.1 Å². The molecule has 0 spiro atoms. The Morgan fingerprint density at radius 3 is 2.47 bits per heavy atom. The molecule has 32 heavy (non-hydrogen) atoms. The molecule has 0 aliphatic carbocycles. The lowest BCUT2D eigenvalue weighted by molar-refractivity contribution is 0.0707. The normalized spacial score (nSPS) is 15.2. The van der Waals surface area contributed by atoms with E-state index in [0.717, 1.165) is 34.9 Å². The number of halogens is 2. The van der Waals surface area contributed by atoms with E-state index in [2.05, 4.69) is 30.9 Å². The van der Waals surface area contributed by atoms with Crippen molar-refractivity contribution < 1.29 is 18.1 Å². The molecule has 0 radical (unpaired) electrons. The smallest absolute Gasteiger partial charge is 0.256 e. The van der Waals surface area contributed by atoms with E-state index in [1.807, 2.05) is 13.0 Å². The first-order valence-electron chi connectivity index (χ1n) is 10.7. The summed E-state index contributed by atoms with van der Waals surface area (Å²) in [6.45, 7) is 8.93. The summed E-state index contributed by atoms with van der Waals surface area (Å²) in [4.78, 5) is 23.8. The number of nitrogens with zero attached hydrogens (tertiary/aromatic N) is 4. The van der Waals surface area contributed by atoms with E-state index in [1.54, 1.807) is 11.1 Å². The van der Waals surface area contributed by atoms with Gasteiger partial charge in [-0.25, -0.2) is 18.7 Å². The number of rotatable bonds is 3. The molecule has 1 aliphatic heterocycles. The maximum Gasteiger partial charge on any atom is 0.256 e. The highest BCUT2D eigenvalue weighted by Gasteiger charge is 2.30. The second-order valence-corrected chi connectivity index (χ2v) is 9.27. The number of hydrogen-bond acceptors (Lipinski definition) is 5. The predicted octanol–water partition coefficient (Wildman–Crippen LogP) is 5.04. The lowest BCUT2D eigenvalue weighted by Gasteiger charge is -2.33. The number of benzene rings is 1. The first kappa shape index (κ1) is 22.0. The molecule has 1 saturated heterocycles. The average molecular weight is 440 g/mol. The Balaban J connectivity index is 1.59. The van der Waals surface area contributed by atoms with Gasteiger partial charge in [-0.05, 0) is 31.9 Å². The van der Waals surface area contributed by atoms with Crippen molar-refractivity contribution in [2.45, 2.75) is 51.9 Å². The van der Waals surface area contributed by atoms with E-state index < -0.39 is 17.5 Å². The molecule has 168 valence electrons. The van der Waals surface area contributed by atoms with Crippen LogP contribution in [0.3, 0.4) is 0 Å². The van der Waals surface area contributed by atoms with E-state index >= 15 is 0 Å². The summed E-state index contributed by atoms with van der Waals surface area (Å²) < 4.78 is 32.8. The predicted molar refractivity (Wildman–Crippen MR) is 115 cm³/mol. The molecule has 0 N–H and O–H groups in total. The van der Waals surface area contributed by atoms with Gasteiger partial charge in [-0.3, -0.25) is 4.79 Å². The van der Waals surface area contributed by atoms with Gasteiger partial charge in [-0.15, -0.1) is 0 Å². The SMILES string of the molecule is Cc1cc(-c2cnc(C(C)(C)C)nc2C2CCN(C(=O)c3ccc(F)cc3F)CC2)on1. The van der Waals surface area contributed by atoms with Crippen LogP contribution in [0, 0.1) is 18.6 Å². The van der Waals surface area contributed by atoms with Gasteiger partial charge in [0.2, 0.25) is 0 Å². The van der Waals surface area contributed by atoms with Crippen LogP contribution in [-0.4, -0.2) is 39.0 Å². The molecular formula is C24H26F2N4O2. The van der Waals surface area contributed by atoms with Crippen molar-refractivity contribution in [3.05, 3.63) is 64.9 Å². The molecule has 1 fully saturated rings. The van der Waals surface area contributed by atoms with Gasteiger partial charge < -0.3 is 9.42 Å². The van der Waals surface area contributed by atoms with E-state index in [9.17, 15) is 13.6 Å². The Morgan fingerprint density at radius 2 is 1.88 bits per heavy atom. The zero-order valence-electron chi connectivity index (χ0n) is 18.7. The van der Waals surface area contributed by atoms with Crippen LogP contribution in [-0.2, 0) is 5.41 Å². The van der Waals surface area contributed by atoms with E-state index in [4.69, 9.17) is 9.51 Å². The summed E-state index contributed by atoms with van der Waals surface area (Å²) >= 11 is 0. The number of carbonyl (C=O) groups excluding carboxylic acids is 1. The van der Waals surface area contributed by atoms with Gasteiger partial charge in [0.15, 0.2) is 5.76 Å². The Morgan fingerprint density at radius 1 is 1.16 bits per heavy atom. The third-order valence-electron chi connectivity index (χ3n) is 5.71. The Bertz CT molecular complexity index is 1150. The zero-order chi connectivity index (χ0) is 23.0. The zero-order valence-corrected chi connectivity index (χ0v) is 18.7. The summed E-state index contributed by atoms with van der Waals surface area (Å²) in [5.41, 5.74) is 2.11. The highest BCUT2D eigenvalue weighted by atomic mass is 19.1. The van der Waals surface area contributed by atoms with E-state index in [-0.39, 0.29) is 16.9 Å². The quantitative estimate of drug-likeness (QED) is 0.571. The van der Waals surface area contributed by atoms with Gasteiger partial charge in [0.1, 0.15) is 17.5 Å². The largest absolute Gasteiger partial charge is 0.356 e. The molecule has 3 heterocycles. The lowest BCUT2D eigenvalue weighted by Crippen LogP contribution is -2.38. The molecule has 8 heteroatoms. The van der Waals surface area contributed by atoms with Crippen molar-refractivity contribution >= 4 is 5.91 Å². The molecule has 0 unspecified atom stereocenters. The Hall–Kier alpha value is -3.16. The molecule has 4 rings (SSSR count). The van der Waals surface area contributed by atoms with Gasteiger partial charge in [-0.2, -0.15) is 0 Å². The van der Waals surface area contributed by atoms with Crippen molar-refractivity contribution in [1.29, 1.82) is 0 Å². The fourth-order valence-electron chi connectivity index (χ4n) is 3.94. The fourth-order valence-corrected chi connectivity index (χ4v) is 3.94. The molecule has 0 atom stereocenters. The molecule has 0 bridgehead atoms. The van der Waals surface area contributed by atoms with Crippen molar-refractivity contribution in [3.63, 3.8) is 0 Å². The minimum Gasteiger partial charge on any atom is -0.356 e. The molecule has 0 saturated carbocycles. The topological polar surface area (TPSA) is 72.1 Å². The van der Waals surface area contributed by atoms with Crippen molar-refractivity contribution in [3.8, 4) is 11.3 Å². The van der Waals surface area contributed by atoms with Gasteiger partial charge in [0.05, 0.1) is 22.5 Å². The molecule has 1 amide bonds. The van der Waals surface area contributed by atoms with Gasteiger partial charge in [-0.1, -0.05) is 25.9 Å². The summed E-state index contributed by atoms with van der Waals surface area (Å²) in [7, 11) is 0. The van der Waals surface area contributed by atoms with Crippen molar-refractivity contribution in [2.75, 3.05) is 13.1 Å². The molecular weight excluding hydrogens is 414 g/mol. The Kier molecular flexibility index (Phi) is 5.79. The van der Waals surface area contributed by atoms with Crippen LogP contribution in [0.5, 0.6) is 0 Å². The number of amides is 1. The third kappa shape index (κ3) is 4.40. The molecule has 1 aliphatic rings. The minimum atomic E-state index is -0.842. The highest BCUT2D eigenvalue weighted by Crippen LogP contribution is 2.35. The van der Waals surface area contributed by atoms with Crippen LogP contribution >= 0.6 is 0 Å². The molecule has 3 aromatic rings. The maximum absolute atomic E-state index is 14.1. The van der Waals surface area contributed by atoms with Crippen LogP contribution < -0.4 is 0 Å². The monoisotopic (exact) mass is 440 g/mol. The first-order valence-corrected chi connectivity index (χ1v) is 10.7. The lowest BCUT2D eigenvalue weighted by atomic mass is 9.88. The summed E-state index contributed by atoms with van der Waals surface area (Å²) in [5.74, 6) is -0.534. The van der Waals surface area contributed by atoms with E-state index in [1.165, 1.54) is 6.07 Å². The van der Waals surface area contributed by atoms with Gasteiger partial charge >= 0.3 is 0 Å². The van der Waals surface area contributed by atoms with E-state index in [0.29, 0.717) is 31.7 Å². The number of piperidine rings is 1.